The third-order valence-corrected chi connectivity index (χ3v) is 3.48. The zero-order chi connectivity index (χ0) is 16.2. The minimum atomic E-state index is -0.344. The van der Waals surface area contributed by atoms with E-state index in [1.807, 2.05) is 0 Å². The number of hydrogen-bond acceptors (Lipinski definition) is 3. The van der Waals surface area contributed by atoms with E-state index in [-0.39, 0.29) is 11.8 Å². The first-order valence-corrected chi connectivity index (χ1v) is 7.31. The average Bonchev–Trinajstić information content (AvgIpc) is 2.56. The third kappa shape index (κ3) is 3.71. The predicted molar refractivity (Wildman–Crippen MR) is 84.4 cm³/mol. The Labute approximate surface area is 133 Å². The van der Waals surface area contributed by atoms with Gasteiger partial charge in [-0.1, -0.05) is 12.1 Å². The van der Waals surface area contributed by atoms with Gasteiger partial charge < -0.3 is 20.1 Å². The summed E-state index contributed by atoms with van der Waals surface area (Å²) in [6.45, 7) is 3.02. The number of ether oxygens (including phenoxy) is 2. The van der Waals surface area contributed by atoms with Crippen molar-refractivity contribution < 1.29 is 18.7 Å². The molecule has 1 heterocycles. The van der Waals surface area contributed by atoms with Gasteiger partial charge in [-0.25, -0.2) is 9.18 Å². The molecule has 1 aliphatic heterocycles. The third-order valence-electron chi connectivity index (χ3n) is 3.48. The minimum Gasteiger partial charge on any atom is -0.486 e. The number of benzene rings is 2. The zero-order valence-corrected chi connectivity index (χ0v) is 12.7. The molecule has 120 valence electrons. The number of fused-ring (bicyclic) bond motifs is 1. The summed E-state index contributed by atoms with van der Waals surface area (Å²) < 4.78 is 24.1. The van der Waals surface area contributed by atoms with E-state index >= 15 is 0 Å². The summed E-state index contributed by atoms with van der Waals surface area (Å²) in [7, 11) is 0. The zero-order valence-electron chi connectivity index (χ0n) is 12.7. The molecule has 0 atom stereocenters. The maximum atomic E-state index is 13.2. The van der Waals surface area contributed by atoms with E-state index in [1.165, 1.54) is 6.07 Å². The van der Waals surface area contributed by atoms with Crippen LogP contribution in [0, 0.1) is 12.7 Å². The minimum absolute atomic E-state index is 0.255. The SMILES string of the molecule is Cc1cc(CNC(=O)Nc2ccc3c(c2)OCCO3)ccc1F. The van der Waals surface area contributed by atoms with Gasteiger partial charge in [0.05, 0.1) is 0 Å². The monoisotopic (exact) mass is 316 g/mol. The Kier molecular flexibility index (Phi) is 4.32. The first-order chi connectivity index (χ1) is 11.1. The van der Waals surface area contributed by atoms with Crippen molar-refractivity contribution in [3.8, 4) is 11.5 Å². The van der Waals surface area contributed by atoms with E-state index in [0.29, 0.717) is 42.5 Å². The molecule has 3 rings (SSSR count). The van der Waals surface area contributed by atoms with Crippen LogP contribution >= 0.6 is 0 Å². The van der Waals surface area contributed by atoms with E-state index in [9.17, 15) is 9.18 Å². The molecule has 5 nitrogen and oxygen atoms in total. The molecule has 2 amide bonds. The maximum absolute atomic E-state index is 13.2. The van der Waals surface area contributed by atoms with Crippen LogP contribution in [0.25, 0.3) is 0 Å². The quantitative estimate of drug-likeness (QED) is 0.914. The van der Waals surface area contributed by atoms with Gasteiger partial charge in [0.1, 0.15) is 19.0 Å². The number of urea groups is 1. The predicted octanol–water partition coefficient (Wildman–Crippen LogP) is 3.23. The molecule has 23 heavy (non-hydrogen) atoms. The molecular weight excluding hydrogens is 299 g/mol. The summed E-state index contributed by atoms with van der Waals surface area (Å²) >= 11 is 0. The highest BCUT2D eigenvalue weighted by atomic mass is 19.1. The molecular formula is C17H17FN2O3. The first-order valence-electron chi connectivity index (χ1n) is 7.31. The number of carbonyl (C=O) groups is 1. The number of halogens is 1. The van der Waals surface area contributed by atoms with Gasteiger partial charge in [0.25, 0.3) is 0 Å². The Morgan fingerprint density at radius 1 is 1.13 bits per heavy atom. The number of aryl methyl sites for hydroxylation is 1. The molecule has 0 bridgehead atoms. The lowest BCUT2D eigenvalue weighted by Crippen LogP contribution is -2.28. The van der Waals surface area contributed by atoms with Crippen LogP contribution in [-0.4, -0.2) is 19.2 Å². The number of hydrogen-bond donors (Lipinski definition) is 2. The van der Waals surface area contributed by atoms with Gasteiger partial charge in [0.15, 0.2) is 11.5 Å². The molecule has 2 aromatic carbocycles. The topological polar surface area (TPSA) is 59.6 Å². The summed E-state index contributed by atoms with van der Waals surface area (Å²) in [6, 6.07) is 9.62. The second-order valence-corrected chi connectivity index (χ2v) is 5.25. The molecule has 2 aromatic rings. The average molecular weight is 316 g/mol. The van der Waals surface area contributed by atoms with Crippen LogP contribution in [0.2, 0.25) is 0 Å². The van der Waals surface area contributed by atoms with Crippen LogP contribution in [0.1, 0.15) is 11.1 Å². The maximum Gasteiger partial charge on any atom is 0.319 e. The van der Waals surface area contributed by atoms with Gasteiger partial charge in [0.2, 0.25) is 0 Å². The number of anilines is 1. The Bertz CT molecular complexity index is 734. The van der Waals surface area contributed by atoms with E-state index in [0.717, 1.165) is 5.56 Å². The number of rotatable bonds is 3. The van der Waals surface area contributed by atoms with Gasteiger partial charge in [-0.3, -0.25) is 0 Å². The lowest BCUT2D eigenvalue weighted by atomic mass is 10.1. The van der Waals surface area contributed by atoms with Crippen molar-refractivity contribution in [1.29, 1.82) is 0 Å². The molecule has 0 saturated heterocycles. The van der Waals surface area contributed by atoms with Crippen LogP contribution in [-0.2, 0) is 6.54 Å². The summed E-state index contributed by atoms with van der Waals surface area (Å²) in [5.74, 6) is 1.03. The Hall–Kier alpha value is -2.76. The normalized spacial score (nSPS) is 12.6. The van der Waals surface area contributed by atoms with E-state index in [4.69, 9.17) is 9.47 Å². The van der Waals surface area contributed by atoms with Crippen LogP contribution in [0.5, 0.6) is 11.5 Å². The molecule has 0 radical (unpaired) electrons. The van der Waals surface area contributed by atoms with E-state index in [2.05, 4.69) is 10.6 Å². The highest BCUT2D eigenvalue weighted by molar-refractivity contribution is 5.89. The summed E-state index contributed by atoms with van der Waals surface area (Å²) in [5.41, 5.74) is 2.00. The fraction of sp³-hybridized carbons (Fsp3) is 0.235. The van der Waals surface area contributed by atoms with Crippen molar-refractivity contribution in [2.75, 3.05) is 18.5 Å². The molecule has 0 aliphatic carbocycles. The molecule has 2 N–H and O–H groups in total. The highest BCUT2D eigenvalue weighted by Crippen LogP contribution is 2.32. The van der Waals surface area contributed by atoms with Crippen molar-refractivity contribution in [1.82, 2.24) is 5.32 Å². The van der Waals surface area contributed by atoms with Crippen molar-refractivity contribution in [2.24, 2.45) is 0 Å². The lowest BCUT2D eigenvalue weighted by Gasteiger charge is -2.19. The summed E-state index contributed by atoms with van der Waals surface area (Å²) in [4.78, 5) is 11.9. The van der Waals surface area contributed by atoms with Crippen LogP contribution < -0.4 is 20.1 Å². The molecule has 0 fully saturated rings. The summed E-state index contributed by atoms with van der Waals surface area (Å²) in [5, 5.41) is 5.46. The molecule has 1 aliphatic rings. The van der Waals surface area contributed by atoms with E-state index in [1.54, 1.807) is 37.3 Å². The van der Waals surface area contributed by atoms with Crippen molar-refractivity contribution in [2.45, 2.75) is 13.5 Å². The Balaban J connectivity index is 1.57. The Morgan fingerprint density at radius 2 is 1.91 bits per heavy atom. The standard InChI is InChI=1S/C17H17FN2O3/c1-11-8-12(2-4-14(11)18)10-19-17(21)20-13-3-5-15-16(9-13)23-7-6-22-15/h2-5,8-9H,6-7,10H2,1H3,(H2,19,20,21). The number of carbonyl (C=O) groups excluding carboxylic acids is 1. The molecule has 0 saturated carbocycles. The van der Waals surface area contributed by atoms with Crippen molar-refractivity contribution in [3.05, 3.63) is 53.3 Å². The first kappa shape index (κ1) is 15.1. The van der Waals surface area contributed by atoms with Crippen LogP contribution in [0.4, 0.5) is 14.9 Å². The van der Waals surface area contributed by atoms with Crippen LogP contribution in [0.3, 0.4) is 0 Å². The van der Waals surface area contributed by atoms with Crippen molar-refractivity contribution >= 4 is 11.7 Å². The fourth-order valence-corrected chi connectivity index (χ4v) is 2.30. The van der Waals surface area contributed by atoms with Gasteiger partial charge in [-0.15, -0.1) is 0 Å². The largest absolute Gasteiger partial charge is 0.486 e. The molecule has 0 unspecified atom stereocenters. The Morgan fingerprint density at radius 3 is 2.70 bits per heavy atom. The van der Waals surface area contributed by atoms with Crippen LogP contribution in [0.15, 0.2) is 36.4 Å². The molecule has 0 aromatic heterocycles. The summed E-state index contributed by atoms with van der Waals surface area (Å²) in [6.07, 6.45) is 0. The highest BCUT2D eigenvalue weighted by Gasteiger charge is 2.12. The fourth-order valence-electron chi connectivity index (χ4n) is 2.30. The van der Waals surface area contributed by atoms with Gasteiger partial charge in [0, 0.05) is 18.3 Å². The van der Waals surface area contributed by atoms with Gasteiger partial charge in [-0.2, -0.15) is 0 Å². The van der Waals surface area contributed by atoms with Gasteiger partial charge >= 0.3 is 6.03 Å². The number of amides is 2. The smallest absolute Gasteiger partial charge is 0.319 e. The lowest BCUT2D eigenvalue weighted by molar-refractivity contribution is 0.171. The van der Waals surface area contributed by atoms with E-state index < -0.39 is 0 Å². The molecule has 6 heteroatoms. The number of nitrogens with one attached hydrogen (secondary N) is 2. The second-order valence-electron chi connectivity index (χ2n) is 5.25. The second kappa shape index (κ2) is 6.56. The van der Waals surface area contributed by atoms with Gasteiger partial charge in [-0.05, 0) is 36.2 Å². The van der Waals surface area contributed by atoms with Crippen molar-refractivity contribution in [3.63, 3.8) is 0 Å². The molecule has 0 spiro atoms.